The van der Waals surface area contributed by atoms with Gasteiger partial charge < -0.3 is 15.6 Å². The van der Waals surface area contributed by atoms with Crippen LogP contribution in [0.25, 0.3) is 22.6 Å². The maximum Gasteiger partial charge on any atom is 0.165 e. The van der Waals surface area contributed by atoms with Gasteiger partial charge in [0.2, 0.25) is 0 Å². The van der Waals surface area contributed by atoms with E-state index < -0.39 is 0 Å². The van der Waals surface area contributed by atoms with E-state index in [2.05, 4.69) is 55.6 Å². The number of allylic oxidation sites excluding steroid dienone is 1. The first-order chi connectivity index (χ1) is 15.4. The number of nitrogens with two attached hydrogens (primary N) is 1. The molecule has 0 radical (unpaired) electrons. The highest BCUT2D eigenvalue weighted by Crippen LogP contribution is 2.30. The minimum Gasteiger partial charge on any atom is -0.402 e. The largest absolute Gasteiger partial charge is 0.402 e. The molecule has 3 heterocycles. The molecule has 3 aromatic heterocycles. The van der Waals surface area contributed by atoms with E-state index in [1.807, 2.05) is 14.0 Å². The maximum absolute atomic E-state index is 6.37. The van der Waals surface area contributed by atoms with Crippen molar-refractivity contribution < 1.29 is 0 Å². The van der Waals surface area contributed by atoms with E-state index >= 15 is 0 Å². The Labute approximate surface area is 188 Å². The van der Waals surface area contributed by atoms with Gasteiger partial charge in [-0.1, -0.05) is 13.8 Å². The molecule has 0 fully saturated rings. The van der Waals surface area contributed by atoms with Crippen LogP contribution in [0, 0.1) is 12.8 Å². The van der Waals surface area contributed by atoms with Gasteiger partial charge in [-0.2, -0.15) is 0 Å². The van der Waals surface area contributed by atoms with Gasteiger partial charge in [0.15, 0.2) is 17.0 Å². The molecule has 0 aromatic carbocycles. The van der Waals surface area contributed by atoms with Crippen LogP contribution in [0.4, 0.5) is 5.82 Å². The summed E-state index contributed by atoms with van der Waals surface area (Å²) in [7, 11) is 1.84. The number of anilines is 1. The number of hydrogen-bond acceptors (Lipinski definition) is 8. The predicted molar refractivity (Wildman–Crippen MR) is 127 cm³/mol. The van der Waals surface area contributed by atoms with Gasteiger partial charge in [-0.25, -0.2) is 24.9 Å². The molecule has 0 aliphatic heterocycles. The molecule has 4 rings (SSSR count). The van der Waals surface area contributed by atoms with Crippen molar-refractivity contribution in [2.24, 2.45) is 16.6 Å². The first-order valence-corrected chi connectivity index (χ1v) is 11.1. The topological polar surface area (TPSA) is 120 Å². The van der Waals surface area contributed by atoms with E-state index in [1.54, 1.807) is 18.7 Å². The van der Waals surface area contributed by atoms with Gasteiger partial charge in [-0.15, -0.1) is 0 Å². The lowest BCUT2D eigenvalue weighted by atomic mass is 9.86. The van der Waals surface area contributed by atoms with Crippen LogP contribution in [0.3, 0.4) is 0 Å². The third-order valence-corrected chi connectivity index (χ3v) is 5.93. The van der Waals surface area contributed by atoms with Gasteiger partial charge in [0.25, 0.3) is 0 Å². The minimum atomic E-state index is 0.198. The zero-order chi connectivity index (χ0) is 22.8. The fourth-order valence-electron chi connectivity index (χ4n) is 4.36. The Bertz CT molecular complexity index is 1170. The van der Waals surface area contributed by atoms with E-state index in [0.29, 0.717) is 5.92 Å². The highest BCUT2D eigenvalue weighted by molar-refractivity contribution is 6.02. The maximum atomic E-state index is 6.37. The second-order valence-electron chi connectivity index (χ2n) is 8.44. The summed E-state index contributed by atoms with van der Waals surface area (Å²) < 4.78 is 2.07. The summed E-state index contributed by atoms with van der Waals surface area (Å²) in [6.07, 6.45) is 7.78. The molecule has 0 bridgehead atoms. The molecule has 0 saturated heterocycles. The van der Waals surface area contributed by atoms with Gasteiger partial charge in [0, 0.05) is 43.4 Å². The van der Waals surface area contributed by atoms with Crippen LogP contribution in [-0.2, 0) is 6.54 Å². The summed E-state index contributed by atoms with van der Waals surface area (Å²) in [6, 6.07) is 0.198. The molecular weight excluding hydrogens is 402 g/mol. The number of aryl methyl sites for hydroxylation is 2. The van der Waals surface area contributed by atoms with E-state index in [4.69, 9.17) is 10.7 Å². The van der Waals surface area contributed by atoms with Crippen LogP contribution >= 0.6 is 0 Å². The Morgan fingerprint density at radius 3 is 2.66 bits per heavy atom. The van der Waals surface area contributed by atoms with Gasteiger partial charge in [0.05, 0.1) is 5.56 Å². The van der Waals surface area contributed by atoms with Crippen LogP contribution < -0.4 is 11.1 Å². The van der Waals surface area contributed by atoms with Crippen molar-refractivity contribution in [3.63, 3.8) is 0 Å². The molecule has 9 heteroatoms. The summed E-state index contributed by atoms with van der Waals surface area (Å²) in [5.41, 5.74) is 12.0. The molecule has 3 aromatic rings. The Balaban J connectivity index is 1.68. The fraction of sp³-hybridized carbons (Fsp3) is 0.478. The predicted octanol–water partition coefficient (Wildman–Crippen LogP) is 3.52. The van der Waals surface area contributed by atoms with Crippen molar-refractivity contribution in [3.8, 4) is 11.4 Å². The molecule has 1 aliphatic carbocycles. The van der Waals surface area contributed by atoms with Crippen LogP contribution in [-0.4, -0.2) is 48.3 Å². The van der Waals surface area contributed by atoms with Crippen LogP contribution in [0.5, 0.6) is 0 Å². The molecule has 168 valence electrons. The number of rotatable bonds is 6. The Hall–Kier alpha value is -3.36. The quantitative estimate of drug-likeness (QED) is 0.571. The van der Waals surface area contributed by atoms with Crippen molar-refractivity contribution in [2.45, 2.75) is 59.5 Å². The summed E-state index contributed by atoms with van der Waals surface area (Å²) in [5.74, 6) is 2.59. The number of hydrogen-bond donors (Lipinski definition) is 2. The molecule has 9 nitrogen and oxygen atoms in total. The standard InChI is InChI=1S/C23H31N9/c1-6-32-22(15-10-26-14(4)27-11-15)31-20-21(28-12-29-23(20)32)30-16-7-8-18(24)17(9-16)19(25-5)13(2)3/h10-13,16H,6-9,24H2,1-5H3,(H,28,29,30). The summed E-state index contributed by atoms with van der Waals surface area (Å²) in [6.45, 7) is 8.98. The number of imidazole rings is 1. The molecule has 0 spiro atoms. The first-order valence-electron chi connectivity index (χ1n) is 11.1. The van der Waals surface area contributed by atoms with Crippen LogP contribution in [0.2, 0.25) is 0 Å². The van der Waals surface area contributed by atoms with Crippen molar-refractivity contribution in [1.82, 2.24) is 29.5 Å². The van der Waals surface area contributed by atoms with Crippen molar-refractivity contribution >= 4 is 22.7 Å². The Kier molecular flexibility index (Phi) is 6.16. The van der Waals surface area contributed by atoms with Crippen molar-refractivity contribution in [3.05, 3.63) is 35.8 Å². The molecular formula is C23H31N9. The second-order valence-corrected chi connectivity index (χ2v) is 8.44. The van der Waals surface area contributed by atoms with Gasteiger partial charge >= 0.3 is 0 Å². The van der Waals surface area contributed by atoms with Crippen molar-refractivity contribution in [2.75, 3.05) is 12.4 Å². The normalized spacial score (nSPS) is 17.4. The third kappa shape index (κ3) is 4.06. The van der Waals surface area contributed by atoms with Crippen LogP contribution in [0.1, 0.15) is 45.9 Å². The molecule has 0 saturated carbocycles. The van der Waals surface area contributed by atoms with Crippen molar-refractivity contribution in [1.29, 1.82) is 0 Å². The third-order valence-electron chi connectivity index (χ3n) is 5.93. The fourth-order valence-corrected chi connectivity index (χ4v) is 4.36. The molecule has 1 aliphatic rings. The average molecular weight is 434 g/mol. The Morgan fingerprint density at radius 2 is 2.00 bits per heavy atom. The molecule has 3 N–H and O–H groups in total. The molecule has 1 atom stereocenters. The minimum absolute atomic E-state index is 0.198. The molecule has 1 unspecified atom stereocenters. The highest BCUT2D eigenvalue weighted by Gasteiger charge is 2.26. The van der Waals surface area contributed by atoms with Gasteiger partial charge in [-0.05, 0) is 44.6 Å². The van der Waals surface area contributed by atoms with E-state index in [-0.39, 0.29) is 6.04 Å². The van der Waals surface area contributed by atoms with E-state index in [0.717, 1.165) is 77.0 Å². The summed E-state index contributed by atoms with van der Waals surface area (Å²) in [5, 5.41) is 3.61. The lowest BCUT2D eigenvalue weighted by molar-refractivity contribution is 0.605. The smallest absolute Gasteiger partial charge is 0.165 e. The average Bonchev–Trinajstić information content (AvgIpc) is 3.16. The monoisotopic (exact) mass is 433 g/mol. The lowest BCUT2D eigenvalue weighted by Gasteiger charge is -2.28. The highest BCUT2D eigenvalue weighted by atomic mass is 15.2. The second kappa shape index (κ2) is 9.02. The first kappa shape index (κ1) is 21.9. The number of nitrogens with zero attached hydrogens (tertiary/aromatic N) is 7. The molecule has 32 heavy (non-hydrogen) atoms. The van der Waals surface area contributed by atoms with E-state index in [1.165, 1.54) is 0 Å². The zero-order valence-corrected chi connectivity index (χ0v) is 19.4. The van der Waals surface area contributed by atoms with E-state index in [9.17, 15) is 0 Å². The van der Waals surface area contributed by atoms with Gasteiger partial charge in [0.1, 0.15) is 18.0 Å². The lowest BCUT2D eigenvalue weighted by Crippen LogP contribution is -2.30. The number of aliphatic imine (C=N–C) groups is 1. The Morgan fingerprint density at radius 1 is 1.25 bits per heavy atom. The summed E-state index contributed by atoms with van der Waals surface area (Å²) >= 11 is 0. The number of fused-ring (bicyclic) bond motifs is 1. The number of aromatic nitrogens is 6. The SMILES string of the molecule is CCn1c(-c2cnc(C)nc2)nc2c(NC3CCC(N)=C(C(=NC)C(C)C)C3)ncnc21. The van der Waals surface area contributed by atoms with Gasteiger partial charge in [-0.3, -0.25) is 4.99 Å². The number of nitrogens with one attached hydrogen (secondary N) is 1. The summed E-state index contributed by atoms with van der Waals surface area (Å²) in [4.78, 5) is 27.1. The zero-order valence-electron chi connectivity index (χ0n) is 19.4. The van der Waals surface area contributed by atoms with Crippen LogP contribution in [0.15, 0.2) is 35.0 Å². The molecule has 0 amide bonds.